The largest absolute Gasteiger partial charge is 0.331 e. The van der Waals surface area contributed by atoms with Crippen LogP contribution in [0.15, 0.2) is 47.4 Å². The number of sulfonamides is 1. The number of carbonyl (C=O) groups is 1. The molecule has 0 heterocycles. The molecule has 2 aromatic rings. The van der Waals surface area contributed by atoms with Crippen LogP contribution < -0.4 is 10.6 Å². The van der Waals surface area contributed by atoms with Gasteiger partial charge < -0.3 is 10.6 Å². The zero-order valence-electron chi connectivity index (χ0n) is 14.5. The number of anilines is 1. The molecular weight excluding hydrogens is 364 g/mol. The average molecular weight is 383 g/mol. The van der Waals surface area contributed by atoms with Crippen LogP contribution in [-0.4, -0.2) is 32.8 Å². The van der Waals surface area contributed by atoms with E-state index in [2.05, 4.69) is 10.6 Å². The van der Waals surface area contributed by atoms with Crippen LogP contribution in [0.2, 0.25) is 0 Å². The zero-order chi connectivity index (χ0) is 19.5. The summed E-state index contributed by atoms with van der Waals surface area (Å²) in [5.74, 6) is -1.97. The first kappa shape index (κ1) is 19.8. The first-order chi connectivity index (χ1) is 12.1. The molecule has 0 unspecified atom stereocenters. The van der Waals surface area contributed by atoms with Crippen molar-refractivity contribution in [3.05, 3.63) is 59.7 Å². The molecule has 0 bridgehead atoms. The molecule has 140 valence electrons. The third-order valence-electron chi connectivity index (χ3n) is 3.66. The van der Waals surface area contributed by atoms with E-state index in [-0.39, 0.29) is 10.6 Å². The standard InChI is InChI=1S/C17H19F2N3O3S/c1-11(12-7-8-15(18)16(19)9-12)20-17(23)21-13-5-4-6-14(10-13)26(24,25)22(2)3/h4-11H,1-3H3,(H2,20,21,23)/t11-/m1/s1. The Labute approximate surface area is 150 Å². The molecule has 0 saturated heterocycles. The number of urea groups is 1. The molecular formula is C17H19F2N3O3S. The van der Waals surface area contributed by atoms with Crippen LogP contribution in [0.5, 0.6) is 0 Å². The van der Waals surface area contributed by atoms with E-state index < -0.39 is 33.7 Å². The molecule has 26 heavy (non-hydrogen) atoms. The number of benzene rings is 2. The number of hydrogen-bond acceptors (Lipinski definition) is 3. The maximum absolute atomic E-state index is 13.3. The minimum Gasteiger partial charge on any atom is -0.331 e. The summed E-state index contributed by atoms with van der Waals surface area (Å²) < 4.78 is 51.6. The lowest BCUT2D eigenvalue weighted by molar-refractivity contribution is 0.249. The topological polar surface area (TPSA) is 78.5 Å². The van der Waals surface area contributed by atoms with Crippen molar-refractivity contribution in [3.63, 3.8) is 0 Å². The van der Waals surface area contributed by atoms with Crippen LogP contribution in [0.4, 0.5) is 19.3 Å². The monoisotopic (exact) mass is 383 g/mol. The highest BCUT2D eigenvalue weighted by Gasteiger charge is 2.18. The predicted octanol–water partition coefficient (Wildman–Crippen LogP) is 3.10. The number of carbonyl (C=O) groups excluding carboxylic acids is 1. The van der Waals surface area contributed by atoms with E-state index in [1.54, 1.807) is 6.92 Å². The molecule has 1 atom stereocenters. The van der Waals surface area contributed by atoms with E-state index in [0.29, 0.717) is 5.56 Å². The Kier molecular flexibility index (Phi) is 5.94. The van der Waals surface area contributed by atoms with E-state index >= 15 is 0 Å². The van der Waals surface area contributed by atoms with Gasteiger partial charge in [-0.1, -0.05) is 12.1 Å². The molecule has 0 aliphatic heterocycles. The van der Waals surface area contributed by atoms with Crippen molar-refractivity contribution >= 4 is 21.7 Å². The van der Waals surface area contributed by atoms with Gasteiger partial charge in [-0.3, -0.25) is 0 Å². The molecule has 2 rings (SSSR count). The minimum absolute atomic E-state index is 0.0361. The Bertz CT molecular complexity index is 917. The number of amides is 2. The maximum Gasteiger partial charge on any atom is 0.319 e. The molecule has 0 saturated carbocycles. The SMILES string of the molecule is C[C@@H](NC(=O)Nc1cccc(S(=O)(=O)N(C)C)c1)c1ccc(F)c(F)c1. The second-order valence-corrected chi connectivity index (χ2v) is 7.96. The lowest BCUT2D eigenvalue weighted by Crippen LogP contribution is -2.31. The average Bonchev–Trinajstić information content (AvgIpc) is 2.57. The highest BCUT2D eigenvalue weighted by Crippen LogP contribution is 2.19. The summed E-state index contributed by atoms with van der Waals surface area (Å²) in [6, 6.07) is 7.95. The summed E-state index contributed by atoms with van der Waals surface area (Å²) >= 11 is 0. The summed E-state index contributed by atoms with van der Waals surface area (Å²) in [4.78, 5) is 12.1. The maximum atomic E-state index is 13.3. The Morgan fingerprint density at radius 2 is 1.77 bits per heavy atom. The fraction of sp³-hybridized carbons (Fsp3) is 0.235. The van der Waals surface area contributed by atoms with E-state index in [1.807, 2.05) is 0 Å². The van der Waals surface area contributed by atoms with Gasteiger partial charge in [0.2, 0.25) is 10.0 Å². The molecule has 0 spiro atoms. The van der Waals surface area contributed by atoms with Crippen molar-refractivity contribution in [1.82, 2.24) is 9.62 Å². The third-order valence-corrected chi connectivity index (χ3v) is 5.47. The number of nitrogens with zero attached hydrogens (tertiary/aromatic N) is 1. The van der Waals surface area contributed by atoms with Gasteiger partial charge in [-0.25, -0.2) is 26.3 Å². The summed E-state index contributed by atoms with van der Waals surface area (Å²) in [6.07, 6.45) is 0. The molecule has 2 N–H and O–H groups in total. The lowest BCUT2D eigenvalue weighted by Gasteiger charge is -2.16. The van der Waals surface area contributed by atoms with Gasteiger partial charge in [-0.15, -0.1) is 0 Å². The van der Waals surface area contributed by atoms with E-state index in [0.717, 1.165) is 16.4 Å². The third kappa shape index (κ3) is 4.55. The van der Waals surface area contributed by atoms with Crippen molar-refractivity contribution in [2.45, 2.75) is 17.9 Å². The Balaban J connectivity index is 2.09. The van der Waals surface area contributed by atoms with Crippen LogP contribution in [-0.2, 0) is 10.0 Å². The number of rotatable bonds is 5. The zero-order valence-corrected chi connectivity index (χ0v) is 15.3. The number of nitrogens with one attached hydrogen (secondary N) is 2. The first-order valence-electron chi connectivity index (χ1n) is 7.66. The highest BCUT2D eigenvalue weighted by atomic mass is 32.2. The normalized spacial score (nSPS) is 12.7. The molecule has 0 fully saturated rings. The summed E-state index contributed by atoms with van der Waals surface area (Å²) in [5.41, 5.74) is 0.672. The molecule has 0 aliphatic carbocycles. The van der Waals surface area contributed by atoms with Crippen molar-refractivity contribution in [2.75, 3.05) is 19.4 Å². The molecule has 2 aromatic carbocycles. The molecule has 0 aliphatic rings. The second kappa shape index (κ2) is 7.79. The fourth-order valence-corrected chi connectivity index (χ4v) is 3.12. The molecule has 2 amide bonds. The Hall–Kier alpha value is -2.52. The van der Waals surface area contributed by atoms with Gasteiger partial charge in [0.05, 0.1) is 10.9 Å². The van der Waals surface area contributed by atoms with Gasteiger partial charge in [0.1, 0.15) is 0 Å². The summed E-state index contributed by atoms with van der Waals surface area (Å²) in [7, 11) is -0.809. The van der Waals surface area contributed by atoms with Gasteiger partial charge >= 0.3 is 6.03 Å². The lowest BCUT2D eigenvalue weighted by atomic mass is 10.1. The summed E-state index contributed by atoms with van der Waals surface area (Å²) in [6.45, 7) is 1.61. The van der Waals surface area contributed by atoms with Crippen molar-refractivity contribution in [1.29, 1.82) is 0 Å². The van der Waals surface area contributed by atoms with E-state index in [4.69, 9.17) is 0 Å². The van der Waals surface area contributed by atoms with Crippen LogP contribution >= 0.6 is 0 Å². The van der Waals surface area contributed by atoms with Gasteiger partial charge in [0.15, 0.2) is 11.6 Å². The van der Waals surface area contributed by atoms with E-state index in [1.165, 1.54) is 44.4 Å². The Morgan fingerprint density at radius 1 is 1.08 bits per heavy atom. The van der Waals surface area contributed by atoms with Crippen molar-refractivity contribution in [2.24, 2.45) is 0 Å². The number of halogens is 2. The van der Waals surface area contributed by atoms with E-state index in [9.17, 15) is 22.0 Å². The van der Waals surface area contributed by atoms with Crippen LogP contribution in [0, 0.1) is 11.6 Å². The van der Waals surface area contributed by atoms with Gasteiger partial charge in [0.25, 0.3) is 0 Å². The molecule has 0 radical (unpaired) electrons. The molecule has 6 nitrogen and oxygen atoms in total. The molecule has 9 heteroatoms. The fourth-order valence-electron chi connectivity index (χ4n) is 2.17. The van der Waals surface area contributed by atoms with Crippen LogP contribution in [0.25, 0.3) is 0 Å². The number of hydrogen-bond donors (Lipinski definition) is 2. The van der Waals surface area contributed by atoms with Crippen molar-refractivity contribution < 1.29 is 22.0 Å². The van der Waals surface area contributed by atoms with Gasteiger partial charge in [-0.05, 0) is 42.8 Å². The van der Waals surface area contributed by atoms with Gasteiger partial charge in [0, 0.05) is 19.8 Å². The minimum atomic E-state index is -3.63. The highest BCUT2D eigenvalue weighted by molar-refractivity contribution is 7.89. The predicted molar refractivity (Wildman–Crippen MR) is 94.2 cm³/mol. The van der Waals surface area contributed by atoms with Crippen LogP contribution in [0.1, 0.15) is 18.5 Å². The molecule has 0 aromatic heterocycles. The van der Waals surface area contributed by atoms with Crippen LogP contribution in [0.3, 0.4) is 0 Å². The first-order valence-corrected chi connectivity index (χ1v) is 9.10. The van der Waals surface area contributed by atoms with Gasteiger partial charge in [-0.2, -0.15) is 0 Å². The summed E-state index contributed by atoms with van der Waals surface area (Å²) in [5, 5.41) is 5.09. The Morgan fingerprint density at radius 3 is 2.38 bits per heavy atom. The quantitative estimate of drug-likeness (QED) is 0.833. The smallest absolute Gasteiger partial charge is 0.319 e. The van der Waals surface area contributed by atoms with Crippen molar-refractivity contribution in [3.8, 4) is 0 Å². The second-order valence-electron chi connectivity index (χ2n) is 5.81.